The van der Waals surface area contributed by atoms with Crippen molar-refractivity contribution in [1.82, 2.24) is 9.71 Å². The van der Waals surface area contributed by atoms with Gasteiger partial charge in [0.05, 0.1) is 10.5 Å². The van der Waals surface area contributed by atoms with Gasteiger partial charge in [0.2, 0.25) is 10.0 Å². The number of hydrogen-bond donors (Lipinski definition) is 1. The van der Waals surface area contributed by atoms with Crippen molar-refractivity contribution in [2.24, 2.45) is 0 Å². The van der Waals surface area contributed by atoms with Crippen LogP contribution in [-0.4, -0.2) is 32.5 Å². The first-order valence-corrected chi connectivity index (χ1v) is 10.1. The zero-order chi connectivity index (χ0) is 19.7. The van der Waals surface area contributed by atoms with E-state index in [1.54, 1.807) is 29.2 Å². The van der Waals surface area contributed by atoms with Crippen LogP contribution in [0.3, 0.4) is 0 Å². The SMILES string of the molecule is CCc1ccc(S(=O)(=O)NC2CCN(c3ccc(C(F)(F)F)cn3)C2)cc1. The van der Waals surface area contributed by atoms with E-state index in [4.69, 9.17) is 0 Å². The largest absolute Gasteiger partial charge is 0.417 e. The molecule has 1 N–H and O–H groups in total. The second kappa shape index (κ2) is 7.47. The maximum atomic E-state index is 12.6. The topological polar surface area (TPSA) is 62.3 Å². The van der Waals surface area contributed by atoms with Gasteiger partial charge in [-0.15, -0.1) is 0 Å². The molecular weight excluding hydrogens is 379 g/mol. The van der Waals surface area contributed by atoms with E-state index in [-0.39, 0.29) is 10.9 Å². The van der Waals surface area contributed by atoms with Gasteiger partial charge < -0.3 is 4.90 Å². The summed E-state index contributed by atoms with van der Waals surface area (Å²) in [7, 11) is -3.65. The summed E-state index contributed by atoms with van der Waals surface area (Å²) in [4.78, 5) is 5.84. The van der Waals surface area contributed by atoms with E-state index < -0.39 is 21.8 Å². The van der Waals surface area contributed by atoms with Crippen molar-refractivity contribution in [2.75, 3.05) is 18.0 Å². The number of pyridine rings is 1. The van der Waals surface area contributed by atoms with E-state index in [0.717, 1.165) is 24.2 Å². The smallest absolute Gasteiger partial charge is 0.355 e. The third-order valence-electron chi connectivity index (χ3n) is 4.55. The number of hydrogen-bond acceptors (Lipinski definition) is 4. The van der Waals surface area contributed by atoms with Crippen molar-refractivity contribution in [3.63, 3.8) is 0 Å². The van der Waals surface area contributed by atoms with Gasteiger partial charge in [0.1, 0.15) is 5.82 Å². The highest BCUT2D eigenvalue weighted by Gasteiger charge is 2.32. The third-order valence-corrected chi connectivity index (χ3v) is 6.09. The highest BCUT2D eigenvalue weighted by atomic mass is 32.2. The Morgan fingerprint density at radius 2 is 1.89 bits per heavy atom. The second-order valence-electron chi connectivity index (χ2n) is 6.45. The average Bonchev–Trinajstić information content (AvgIpc) is 3.09. The number of aromatic nitrogens is 1. The minimum atomic E-state index is -4.43. The summed E-state index contributed by atoms with van der Waals surface area (Å²) in [5.74, 6) is 0.400. The molecule has 0 saturated carbocycles. The Balaban J connectivity index is 1.65. The predicted octanol–water partition coefficient (Wildman–Crippen LogP) is 3.22. The van der Waals surface area contributed by atoms with Crippen LogP contribution in [0.25, 0.3) is 0 Å². The second-order valence-corrected chi connectivity index (χ2v) is 8.17. The maximum absolute atomic E-state index is 12.6. The van der Waals surface area contributed by atoms with E-state index >= 15 is 0 Å². The highest BCUT2D eigenvalue weighted by Crippen LogP contribution is 2.30. The van der Waals surface area contributed by atoms with Gasteiger partial charge in [-0.05, 0) is 42.7 Å². The number of alkyl halides is 3. The fraction of sp³-hybridized carbons (Fsp3) is 0.389. The van der Waals surface area contributed by atoms with Crippen LogP contribution >= 0.6 is 0 Å². The zero-order valence-corrected chi connectivity index (χ0v) is 15.5. The van der Waals surface area contributed by atoms with Crippen LogP contribution in [0.1, 0.15) is 24.5 Å². The fourth-order valence-corrected chi connectivity index (χ4v) is 4.26. The Kier molecular flexibility index (Phi) is 5.43. The summed E-state index contributed by atoms with van der Waals surface area (Å²) in [5, 5.41) is 0. The van der Waals surface area contributed by atoms with Crippen LogP contribution < -0.4 is 9.62 Å². The molecule has 1 aliphatic rings. The van der Waals surface area contributed by atoms with Crippen LogP contribution in [0.5, 0.6) is 0 Å². The van der Waals surface area contributed by atoms with Gasteiger partial charge >= 0.3 is 6.18 Å². The Labute approximate surface area is 156 Å². The first-order valence-electron chi connectivity index (χ1n) is 8.58. The fourth-order valence-electron chi connectivity index (χ4n) is 3.00. The summed E-state index contributed by atoms with van der Waals surface area (Å²) in [6.45, 7) is 2.86. The predicted molar refractivity (Wildman–Crippen MR) is 96.0 cm³/mol. The van der Waals surface area contributed by atoms with Crippen molar-refractivity contribution in [2.45, 2.75) is 36.9 Å². The molecule has 0 amide bonds. The molecule has 9 heteroatoms. The van der Waals surface area contributed by atoms with Crippen LogP contribution in [0, 0.1) is 0 Å². The van der Waals surface area contributed by atoms with Gasteiger partial charge in [-0.1, -0.05) is 19.1 Å². The number of benzene rings is 1. The van der Waals surface area contributed by atoms with Crippen LogP contribution in [-0.2, 0) is 22.6 Å². The molecule has 2 heterocycles. The third kappa shape index (κ3) is 4.59. The van der Waals surface area contributed by atoms with Gasteiger partial charge in [-0.3, -0.25) is 0 Å². The van der Waals surface area contributed by atoms with Crippen molar-refractivity contribution in [3.8, 4) is 0 Å². The number of aryl methyl sites for hydroxylation is 1. The van der Waals surface area contributed by atoms with E-state index in [1.807, 2.05) is 6.92 Å². The van der Waals surface area contributed by atoms with E-state index in [9.17, 15) is 21.6 Å². The average molecular weight is 399 g/mol. The van der Waals surface area contributed by atoms with Gasteiger partial charge in [0.25, 0.3) is 0 Å². The molecule has 3 rings (SSSR count). The van der Waals surface area contributed by atoms with Gasteiger partial charge in [-0.25, -0.2) is 18.1 Å². The van der Waals surface area contributed by atoms with Gasteiger partial charge in [0.15, 0.2) is 0 Å². The normalized spacial score (nSPS) is 18.1. The quantitative estimate of drug-likeness (QED) is 0.839. The molecule has 1 aromatic carbocycles. The summed E-state index contributed by atoms with van der Waals surface area (Å²) < 4.78 is 65.6. The first kappa shape index (κ1) is 19.6. The summed E-state index contributed by atoms with van der Waals surface area (Å²) in [6.07, 6.45) is -2.26. The van der Waals surface area contributed by atoms with Crippen molar-refractivity contribution >= 4 is 15.8 Å². The lowest BCUT2D eigenvalue weighted by Crippen LogP contribution is -2.37. The van der Waals surface area contributed by atoms with Crippen LogP contribution in [0.15, 0.2) is 47.5 Å². The number of anilines is 1. The number of rotatable bonds is 5. The Morgan fingerprint density at radius 3 is 2.44 bits per heavy atom. The molecule has 27 heavy (non-hydrogen) atoms. The molecule has 1 aromatic heterocycles. The minimum absolute atomic E-state index is 0.200. The molecule has 5 nitrogen and oxygen atoms in total. The summed E-state index contributed by atoms with van der Waals surface area (Å²) >= 11 is 0. The van der Waals surface area contributed by atoms with Gasteiger partial charge in [0, 0.05) is 25.3 Å². The molecule has 0 bridgehead atoms. The number of halogens is 3. The monoisotopic (exact) mass is 399 g/mol. The minimum Gasteiger partial charge on any atom is -0.355 e. The van der Waals surface area contributed by atoms with Crippen molar-refractivity contribution in [3.05, 3.63) is 53.7 Å². The van der Waals surface area contributed by atoms with Gasteiger partial charge in [-0.2, -0.15) is 13.2 Å². The number of sulfonamides is 1. The molecule has 0 radical (unpaired) electrons. The molecule has 1 saturated heterocycles. The molecule has 0 aliphatic carbocycles. The zero-order valence-electron chi connectivity index (χ0n) is 14.7. The van der Waals surface area contributed by atoms with E-state index in [0.29, 0.717) is 25.3 Å². The molecule has 1 fully saturated rings. The maximum Gasteiger partial charge on any atom is 0.417 e. The van der Waals surface area contributed by atoms with E-state index in [1.165, 1.54) is 6.07 Å². The summed E-state index contributed by atoms with van der Waals surface area (Å²) in [5.41, 5.74) is 0.243. The number of nitrogens with zero attached hydrogens (tertiary/aromatic N) is 2. The molecule has 1 unspecified atom stereocenters. The Bertz CT molecular complexity index is 882. The van der Waals surface area contributed by atoms with Crippen LogP contribution in [0.4, 0.5) is 19.0 Å². The highest BCUT2D eigenvalue weighted by molar-refractivity contribution is 7.89. The lowest BCUT2D eigenvalue weighted by molar-refractivity contribution is -0.137. The first-order chi connectivity index (χ1) is 12.7. The lowest BCUT2D eigenvalue weighted by Gasteiger charge is -2.18. The molecule has 1 aliphatic heterocycles. The lowest BCUT2D eigenvalue weighted by atomic mass is 10.2. The number of nitrogens with one attached hydrogen (secondary N) is 1. The molecular formula is C18H20F3N3O2S. The van der Waals surface area contributed by atoms with Crippen molar-refractivity contribution < 1.29 is 21.6 Å². The molecule has 2 aromatic rings. The molecule has 0 spiro atoms. The van der Waals surface area contributed by atoms with Crippen molar-refractivity contribution in [1.29, 1.82) is 0 Å². The van der Waals surface area contributed by atoms with Crippen LogP contribution in [0.2, 0.25) is 0 Å². The molecule has 1 atom stereocenters. The Morgan fingerprint density at radius 1 is 1.19 bits per heavy atom. The summed E-state index contributed by atoms with van der Waals surface area (Å²) in [6, 6.07) is 8.67. The van der Waals surface area contributed by atoms with E-state index in [2.05, 4.69) is 9.71 Å². The standard InChI is InChI=1S/C18H20F3N3O2S/c1-2-13-3-6-16(7-4-13)27(25,26)23-15-9-10-24(12-15)17-8-5-14(11-22-17)18(19,20)21/h3-8,11,15,23H,2,9-10,12H2,1H3. The molecule has 146 valence electrons. The Hall–Kier alpha value is -2.13.